The molecule has 0 bridgehead atoms. The maximum atomic E-state index is 12.3. The third-order valence-corrected chi connectivity index (χ3v) is 5.73. The van der Waals surface area contributed by atoms with Crippen molar-refractivity contribution in [3.05, 3.63) is 71.8 Å². The summed E-state index contributed by atoms with van der Waals surface area (Å²) in [5.74, 6) is -4.77. The first-order valence-corrected chi connectivity index (χ1v) is 12.8. The molecule has 41 heavy (non-hydrogen) atoms. The molecule has 3 N–H and O–H groups in total. The van der Waals surface area contributed by atoms with E-state index in [-0.39, 0.29) is 52.5 Å². The van der Waals surface area contributed by atoms with Crippen LogP contribution in [0.4, 0.5) is 0 Å². The van der Waals surface area contributed by atoms with E-state index in [1.54, 1.807) is 48.5 Å². The number of esters is 2. The summed E-state index contributed by atoms with van der Waals surface area (Å²) in [6.45, 7) is -1.78. The number of hydrogen-bond acceptors (Lipinski definition) is 10. The Hall–Kier alpha value is -4.33. The first-order chi connectivity index (χ1) is 19.6. The van der Waals surface area contributed by atoms with Crippen molar-refractivity contribution in [1.82, 2.24) is 14.7 Å². The first-order valence-electron chi connectivity index (χ1n) is 12.8. The molecule has 13 heteroatoms. The molecule has 0 aliphatic carbocycles. The van der Waals surface area contributed by atoms with Crippen LogP contribution in [0.5, 0.6) is 0 Å². The Morgan fingerprint density at radius 1 is 0.488 bits per heavy atom. The molecule has 222 valence electrons. The Kier molecular flexibility index (Phi) is 14.5. The number of benzene rings is 2. The molecule has 0 atom stereocenters. The van der Waals surface area contributed by atoms with E-state index in [0.717, 1.165) is 11.1 Å². The van der Waals surface area contributed by atoms with E-state index in [0.29, 0.717) is 0 Å². The van der Waals surface area contributed by atoms with Crippen molar-refractivity contribution in [1.29, 1.82) is 0 Å². The smallest absolute Gasteiger partial charge is 0.320 e. The molecule has 0 aromatic heterocycles. The standard InChI is InChI=1S/C28H35N3O10/c32-24(33)15-29(11-13-30(16-25(34)35)18-27(38)40-20-22-7-3-1-4-8-22)12-14-31(17-26(36)37)19-28(39)41-21-23-9-5-2-6-10-23/h1-10H,11-21H2,(H,32,33)(H,34,35)(H,36,37). The Morgan fingerprint density at radius 3 is 1.15 bits per heavy atom. The molecule has 0 aliphatic rings. The zero-order chi connectivity index (χ0) is 30.0. The lowest BCUT2D eigenvalue weighted by Crippen LogP contribution is -2.45. The summed E-state index contributed by atoms with van der Waals surface area (Å²) >= 11 is 0. The number of ether oxygens (including phenoxy) is 2. The largest absolute Gasteiger partial charge is 0.480 e. The second-order valence-corrected chi connectivity index (χ2v) is 9.17. The molecule has 2 rings (SSSR count). The van der Waals surface area contributed by atoms with Gasteiger partial charge in [-0.3, -0.25) is 38.7 Å². The lowest BCUT2D eigenvalue weighted by atomic mass is 10.2. The molecule has 13 nitrogen and oxygen atoms in total. The van der Waals surface area contributed by atoms with Crippen molar-refractivity contribution in [3.8, 4) is 0 Å². The Bertz CT molecular complexity index is 1050. The van der Waals surface area contributed by atoms with Crippen LogP contribution >= 0.6 is 0 Å². The number of aliphatic carboxylic acids is 3. The van der Waals surface area contributed by atoms with Crippen molar-refractivity contribution >= 4 is 29.8 Å². The van der Waals surface area contributed by atoms with Crippen LogP contribution in [0.25, 0.3) is 0 Å². The summed E-state index contributed by atoms with van der Waals surface area (Å²) in [6.07, 6.45) is 0. The number of carboxylic acids is 3. The maximum Gasteiger partial charge on any atom is 0.320 e. The first kappa shape index (κ1) is 32.9. The third kappa shape index (κ3) is 15.1. The summed E-state index contributed by atoms with van der Waals surface area (Å²) in [5, 5.41) is 27.9. The van der Waals surface area contributed by atoms with E-state index in [4.69, 9.17) is 9.47 Å². The highest BCUT2D eigenvalue weighted by Gasteiger charge is 2.20. The molecule has 0 unspecified atom stereocenters. The van der Waals surface area contributed by atoms with Crippen molar-refractivity contribution in [2.24, 2.45) is 0 Å². The number of carboxylic acid groups (broad SMARTS) is 3. The summed E-state index contributed by atoms with van der Waals surface area (Å²) in [5.41, 5.74) is 1.54. The fraction of sp³-hybridized carbons (Fsp3) is 0.393. The third-order valence-electron chi connectivity index (χ3n) is 5.73. The van der Waals surface area contributed by atoms with Crippen molar-refractivity contribution in [3.63, 3.8) is 0 Å². The highest BCUT2D eigenvalue weighted by Crippen LogP contribution is 2.04. The van der Waals surface area contributed by atoms with Gasteiger partial charge >= 0.3 is 29.8 Å². The minimum Gasteiger partial charge on any atom is -0.480 e. The highest BCUT2D eigenvalue weighted by molar-refractivity contribution is 5.74. The van der Waals surface area contributed by atoms with Gasteiger partial charge in [0.25, 0.3) is 0 Å². The van der Waals surface area contributed by atoms with Crippen molar-refractivity contribution in [2.75, 3.05) is 58.9 Å². The molecule has 0 aliphatic heterocycles. The van der Waals surface area contributed by atoms with Crippen LogP contribution < -0.4 is 0 Å². The molecule has 0 saturated carbocycles. The van der Waals surface area contributed by atoms with Gasteiger partial charge in [-0.05, 0) is 11.1 Å². The summed E-state index contributed by atoms with van der Waals surface area (Å²) in [7, 11) is 0. The van der Waals surface area contributed by atoms with Gasteiger partial charge in [-0.25, -0.2) is 0 Å². The van der Waals surface area contributed by atoms with E-state index < -0.39 is 49.5 Å². The van der Waals surface area contributed by atoms with E-state index >= 15 is 0 Å². The molecule has 0 saturated heterocycles. The molecule has 0 spiro atoms. The molecule has 2 aromatic carbocycles. The van der Waals surface area contributed by atoms with Gasteiger partial charge in [-0.1, -0.05) is 60.7 Å². The molecular formula is C28H35N3O10. The fourth-order valence-electron chi connectivity index (χ4n) is 3.77. The zero-order valence-electron chi connectivity index (χ0n) is 22.6. The van der Waals surface area contributed by atoms with E-state index in [1.807, 2.05) is 12.1 Å². The Labute approximate surface area is 237 Å². The van der Waals surface area contributed by atoms with Crippen LogP contribution in [0.3, 0.4) is 0 Å². The Morgan fingerprint density at radius 2 is 0.805 bits per heavy atom. The predicted molar refractivity (Wildman–Crippen MR) is 145 cm³/mol. The second-order valence-electron chi connectivity index (χ2n) is 9.17. The minimum absolute atomic E-state index is 0.0259. The van der Waals surface area contributed by atoms with E-state index in [9.17, 15) is 39.3 Å². The van der Waals surface area contributed by atoms with Gasteiger partial charge in [0.15, 0.2) is 0 Å². The van der Waals surface area contributed by atoms with Crippen molar-refractivity contribution in [2.45, 2.75) is 13.2 Å². The highest BCUT2D eigenvalue weighted by atomic mass is 16.5. The second kappa shape index (κ2) is 18.1. The van der Waals surface area contributed by atoms with Crippen LogP contribution in [-0.2, 0) is 46.7 Å². The predicted octanol–water partition coefficient (Wildman–Crippen LogP) is 0.633. The van der Waals surface area contributed by atoms with Crippen LogP contribution in [0.2, 0.25) is 0 Å². The van der Waals surface area contributed by atoms with Crippen molar-refractivity contribution < 1.29 is 48.8 Å². The van der Waals surface area contributed by atoms with Crippen LogP contribution in [0.15, 0.2) is 60.7 Å². The normalized spacial score (nSPS) is 11.0. The quantitative estimate of drug-likeness (QED) is 0.188. The minimum atomic E-state index is -1.17. The van der Waals surface area contributed by atoms with Gasteiger partial charge in [-0.2, -0.15) is 0 Å². The van der Waals surface area contributed by atoms with Crippen LogP contribution in [0.1, 0.15) is 11.1 Å². The Balaban J connectivity index is 1.92. The summed E-state index contributed by atoms with van der Waals surface area (Å²) in [6, 6.07) is 17.9. The lowest BCUT2D eigenvalue weighted by molar-refractivity contribution is -0.149. The van der Waals surface area contributed by atoms with E-state index in [1.165, 1.54) is 14.7 Å². The number of hydrogen-bond donors (Lipinski definition) is 3. The maximum absolute atomic E-state index is 12.3. The zero-order valence-corrected chi connectivity index (χ0v) is 22.6. The summed E-state index contributed by atoms with van der Waals surface area (Å²) in [4.78, 5) is 62.9. The molecule has 0 radical (unpaired) electrons. The average Bonchev–Trinajstić information content (AvgIpc) is 2.92. The van der Waals surface area contributed by atoms with E-state index in [2.05, 4.69) is 0 Å². The van der Waals surface area contributed by atoms with Gasteiger partial charge in [0.2, 0.25) is 0 Å². The summed E-state index contributed by atoms with van der Waals surface area (Å²) < 4.78 is 10.5. The SMILES string of the molecule is O=C(O)CN(CCN(CC(=O)O)CC(=O)OCc1ccccc1)CCN(CC(=O)O)CC(=O)OCc1ccccc1. The number of carbonyl (C=O) groups excluding carboxylic acids is 2. The number of nitrogens with zero attached hydrogens (tertiary/aromatic N) is 3. The fourth-order valence-corrected chi connectivity index (χ4v) is 3.77. The van der Waals surface area contributed by atoms with Gasteiger partial charge in [0, 0.05) is 26.2 Å². The van der Waals surface area contributed by atoms with Gasteiger partial charge < -0.3 is 24.8 Å². The number of carbonyl (C=O) groups is 5. The van der Waals surface area contributed by atoms with Gasteiger partial charge in [-0.15, -0.1) is 0 Å². The van der Waals surface area contributed by atoms with Crippen LogP contribution in [-0.4, -0.2) is 119 Å². The monoisotopic (exact) mass is 573 g/mol. The lowest BCUT2D eigenvalue weighted by Gasteiger charge is -2.27. The van der Waals surface area contributed by atoms with Gasteiger partial charge in [0.1, 0.15) is 13.2 Å². The van der Waals surface area contributed by atoms with Crippen LogP contribution in [0, 0.1) is 0 Å². The molecule has 0 fully saturated rings. The van der Waals surface area contributed by atoms with Gasteiger partial charge in [0.05, 0.1) is 32.7 Å². The topological polar surface area (TPSA) is 174 Å². The molecule has 2 aromatic rings. The number of rotatable bonds is 20. The molecule has 0 amide bonds. The average molecular weight is 574 g/mol. The molecular weight excluding hydrogens is 538 g/mol. The molecule has 0 heterocycles.